The lowest BCUT2D eigenvalue weighted by molar-refractivity contribution is 0.200. The summed E-state index contributed by atoms with van der Waals surface area (Å²) in [6, 6.07) is 0. The average molecular weight is 288 g/mol. The van der Waals surface area contributed by atoms with Gasteiger partial charge in [-0.25, -0.2) is 4.98 Å². The molecule has 0 fully saturated rings. The van der Waals surface area contributed by atoms with Gasteiger partial charge in [-0.05, 0) is 36.2 Å². The normalized spacial score (nSPS) is 12.2. The van der Waals surface area contributed by atoms with Crippen molar-refractivity contribution in [2.75, 3.05) is 11.9 Å². The molecule has 90 valence electrons. The Bertz CT molecular complexity index is 333. The number of nitrogens with one attached hydrogen (secondary N) is 1. The van der Waals surface area contributed by atoms with Gasteiger partial charge in [-0.3, -0.25) is 0 Å². The van der Waals surface area contributed by atoms with E-state index in [2.05, 4.69) is 38.1 Å². The zero-order valence-corrected chi connectivity index (χ0v) is 11.5. The summed E-state index contributed by atoms with van der Waals surface area (Å²) in [4.78, 5) is 8.43. The summed E-state index contributed by atoms with van der Waals surface area (Å²) in [5, 5.41) is 3.06. The first kappa shape index (κ1) is 13.2. The highest BCUT2D eigenvalue weighted by Crippen LogP contribution is 2.24. The van der Waals surface area contributed by atoms with Gasteiger partial charge in [0, 0.05) is 6.54 Å². The molecular weight excluding hydrogens is 270 g/mol. The van der Waals surface area contributed by atoms with E-state index in [1.54, 1.807) is 6.20 Å². The summed E-state index contributed by atoms with van der Waals surface area (Å²) >= 11 is 3.38. The Labute approximate surface area is 105 Å². The SMILES string of the molecule is CCCC(C)Oc1nc(NCC)ncc1Br. The fourth-order valence-electron chi connectivity index (χ4n) is 1.33. The van der Waals surface area contributed by atoms with Crippen molar-refractivity contribution in [1.82, 2.24) is 9.97 Å². The molecule has 0 radical (unpaired) electrons. The van der Waals surface area contributed by atoms with Crippen molar-refractivity contribution in [1.29, 1.82) is 0 Å². The minimum atomic E-state index is 0.172. The van der Waals surface area contributed by atoms with Crippen molar-refractivity contribution in [3.8, 4) is 5.88 Å². The van der Waals surface area contributed by atoms with E-state index in [1.807, 2.05) is 13.8 Å². The summed E-state index contributed by atoms with van der Waals surface area (Å²) in [6.45, 7) is 6.99. The molecule has 1 heterocycles. The second-order valence-electron chi connectivity index (χ2n) is 3.59. The summed E-state index contributed by atoms with van der Waals surface area (Å²) in [7, 11) is 0. The molecular formula is C11H18BrN3O. The van der Waals surface area contributed by atoms with Crippen LogP contribution in [0.15, 0.2) is 10.7 Å². The average Bonchev–Trinajstić information content (AvgIpc) is 2.24. The van der Waals surface area contributed by atoms with Crippen molar-refractivity contribution in [3.05, 3.63) is 10.7 Å². The molecule has 0 saturated carbocycles. The van der Waals surface area contributed by atoms with Crippen LogP contribution in [0.25, 0.3) is 0 Å². The number of hydrogen-bond acceptors (Lipinski definition) is 4. The van der Waals surface area contributed by atoms with E-state index >= 15 is 0 Å². The van der Waals surface area contributed by atoms with Crippen LogP contribution in [-0.4, -0.2) is 22.6 Å². The van der Waals surface area contributed by atoms with Crippen LogP contribution in [0.2, 0.25) is 0 Å². The lowest BCUT2D eigenvalue weighted by atomic mass is 10.2. The Hall–Kier alpha value is -0.840. The Morgan fingerprint density at radius 1 is 1.50 bits per heavy atom. The molecule has 0 aliphatic heterocycles. The Morgan fingerprint density at radius 3 is 2.88 bits per heavy atom. The molecule has 4 nitrogen and oxygen atoms in total. The topological polar surface area (TPSA) is 47.0 Å². The summed E-state index contributed by atoms with van der Waals surface area (Å²) in [5.41, 5.74) is 0. The minimum absolute atomic E-state index is 0.172. The van der Waals surface area contributed by atoms with E-state index in [1.165, 1.54) is 0 Å². The maximum Gasteiger partial charge on any atom is 0.233 e. The molecule has 0 aliphatic carbocycles. The summed E-state index contributed by atoms with van der Waals surface area (Å²) < 4.78 is 6.52. The smallest absolute Gasteiger partial charge is 0.233 e. The molecule has 1 unspecified atom stereocenters. The maximum atomic E-state index is 5.73. The van der Waals surface area contributed by atoms with Crippen molar-refractivity contribution in [2.45, 2.75) is 39.7 Å². The fourth-order valence-corrected chi connectivity index (χ4v) is 1.62. The molecule has 0 saturated heterocycles. The number of nitrogens with zero attached hydrogens (tertiary/aromatic N) is 2. The predicted molar refractivity (Wildman–Crippen MR) is 68.9 cm³/mol. The van der Waals surface area contributed by atoms with Crippen molar-refractivity contribution in [2.24, 2.45) is 0 Å². The molecule has 1 rings (SSSR count). The molecule has 0 bridgehead atoms. The van der Waals surface area contributed by atoms with Crippen LogP contribution < -0.4 is 10.1 Å². The molecule has 1 atom stereocenters. The van der Waals surface area contributed by atoms with Gasteiger partial charge < -0.3 is 10.1 Å². The molecule has 0 amide bonds. The van der Waals surface area contributed by atoms with E-state index < -0.39 is 0 Å². The quantitative estimate of drug-likeness (QED) is 0.873. The molecule has 0 aliphatic rings. The van der Waals surface area contributed by atoms with Gasteiger partial charge in [0.25, 0.3) is 0 Å². The van der Waals surface area contributed by atoms with Crippen molar-refractivity contribution < 1.29 is 4.74 Å². The van der Waals surface area contributed by atoms with Crippen LogP contribution in [0.1, 0.15) is 33.6 Å². The minimum Gasteiger partial charge on any atom is -0.474 e. The highest BCUT2D eigenvalue weighted by molar-refractivity contribution is 9.10. The third-order valence-electron chi connectivity index (χ3n) is 2.05. The third kappa shape index (κ3) is 3.96. The number of rotatable bonds is 6. The Kier molecular flexibility index (Phi) is 5.52. The second-order valence-corrected chi connectivity index (χ2v) is 4.45. The third-order valence-corrected chi connectivity index (χ3v) is 2.60. The lowest BCUT2D eigenvalue weighted by Gasteiger charge is -2.14. The van der Waals surface area contributed by atoms with Crippen molar-refractivity contribution >= 4 is 21.9 Å². The van der Waals surface area contributed by atoms with Gasteiger partial charge in [-0.15, -0.1) is 0 Å². The molecule has 0 spiro atoms. The van der Waals surface area contributed by atoms with Gasteiger partial charge in [0.15, 0.2) is 0 Å². The molecule has 1 aromatic heterocycles. The monoisotopic (exact) mass is 287 g/mol. The van der Waals surface area contributed by atoms with Gasteiger partial charge >= 0.3 is 0 Å². The van der Waals surface area contributed by atoms with E-state index in [0.29, 0.717) is 11.8 Å². The number of aromatic nitrogens is 2. The first-order valence-electron chi connectivity index (χ1n) is 5.60. The van der Waals surface area contributed by atoms with E-state index in [4.69, 9.17) is 4.74 Å². The maximum absolute atomic E-state index is 5.73. The zero-order valence-electron chi connectivity index (χ0n) is 9.96. The van der Waals surface area contributed by atoms with E-state index in [9.17, 15) is 0 Å². The summed E-state index contributed by atoms with van der Waals surface area (Å²) in [5.74, 6) is 1.20. The number of ether oxygens (including phenoxy) is 1. The zero-order chi connectivity index (χ0) is 12.0. The standard InChI is InChI=1S/C11H18BrN3O/c1-4-6-8(3)16-10-9(12)7-14-11(15-10)13-5-2/h7-8H,4-6H2,1-3H3,(H,13,14,15). The largest absolute Gasteiger partial charge is 0.474 e. The molecule has 16 heavy (non-hydrogen) atoms. The van der Waals surface area contributed by atoms with Crippen LogP contribution >= 0.6 is 15.9 Å². The van der Waals surface area contributed by atoms with Crippen LogP contribution in [-0.2, 0) is 0 Å². The van der Waals surface area contributed by atoms with E-state index in [-0.39, 0.29) is 6.10 Å². The predicted octanol–water partition coefficient (Wildman–Crippen LogP) is 3.24. The van der Waals surface area contributed by atoms with Crippen LogP contribution in [0, 0.1) is 0 Å². The van der Waals surface area contributed by atoms with Gasteiger partial charge in [0.2, 0.25) is 11.8 Å². The van der Waals surface area contributed by atoms with Gasteiger partial charge in [0.05, 0.1) is 16.8 Å². The lowest BCUT2D eigenvalue weighted by Crippen LogP contribution is -2.13. The second kappa shape index (κ2) is 6.68. The Morgan fingerprint density at radius 2 is 2.25 bits per heavy atom. The number of hydrogen-bond donors (Lipinski definition) is 1. The van der Waals surface area contributed by atoms with Crippen LogP contribution in [0.4, 0.5) is 5.95 Å². The highest BCUT2D eigenvalue weighted by Gasteiger charge is 2.09. The van der Waals surface area contributed by atoms with Gasteiger partial charge in [0.1, 0.15) is 0 Å². The highest BCUT2D eigenvalue weighted by atomic mass is 79.9. The van der Waals surface area contributed by atoms with Gasteiger partial charge in [-0.1, -0.05) is 13.3 Å². The van der Waals surface area contributed by atoms with E-state index in [0.717, 1.165) is 23.9 Å². The fraction of sp³-hybridized carbons (Fsp3) is 0.636. The summed E-state index contributed by atoms with van der Waals surface area (Å²) in [6.07, 6.45) is 4.00. The van der Waals surface area contributed by atoms with Gasteiger partial charge in [-0.2, -0.15) is 4.98 Å². The first-order valence-corrected chi connectivity index (χ1v) is 6.39. The molecule has 5 heteroatoms. The number of anilines is 1. The Balaban J connectivity index is 2.73. The van der Waals surface area contributed by atoms with Crippen LogP contribution in [0.5, 0.6) is 5.88 Å². The van der Waals surface area contributed by atoms with Crippen molar-refractivity contribution in [3.63, 3.8) is 0 Å². The molecule has 0 aromatic carbocycles. The number of halogens is 1. The molecule has 1 N–H and O–H groups in total. The van der Waals surface area contributed by atoms with Crippen LogP contribution in [0.3, 0.4) is 0 Å². The first-order chi connectivity index (χ1) is 7.67. The molecule has 1 aromatic rings.